The fourth-order valence-corrected chi connectivity index (χ4v) is 2.00. The molecule has 0 aromatic heterocycles. The van der Waals surface area contributed by atoms with Crippen molar-refractivity contribution in [3.8, 4) is 5.75 Å². The quantitative estimate of drug-likeness (QED) is 0.697. The van der Waals surface area contributed by atoms with E-state index >= 15 is 0 Å². The van der Waals surface area contributed by atoms with E-state index in [1.807, 2.05) is 0 Å². The van der Waals surface area contributed by atoms with Crippen LogP contribution in [0.3, 0.4) is 0 Å². The van der Waals surface area contributed by atoms with Crippen LogP contribution in [-0.2, 0) is 6.54 Å². The summed E-state index contributed by atoms with van der Waals surface area (Å²) in [6, 6.07) is 4.98. The van der Waals surface area contributed by atoms with E-state index in [0.29, 0.717) is 17.9 Å². The van der Waals surface area contributed by atoms with Crippen LogP contribution in [0.4, 0.5) is 4.39 Å². The van der Waals surface area contributed by atoms with Gasteiger partial charge in [0.1, 0.15) is 11.6 Å². The molecule has 3 nitrogen and oxygen atoms in total. The highest BCUT2D eigenvalue weighted by molar-refractivity contribution is 5.28. The Bertz CT molecular complexity index is 371. The number of ether oxygens (including phenoxy) is 1. The van der Waals surface area contributed by atoms with Gasteiger partial charge in [0.15, 0.2) is 0 Å². The van der Waals surface area contributed by atoms with Crippen molar-refractivity contribution in [1.29, 1.82) is 0 Å². The van der Waals surface area contributed by atoms with Crippen molar-refractivity contribution in [3.05, 3.63) is 29.6 Å². The summed E-state index contributed by atoms with van der Waals surface area (Å²) in [5, 5.41) is 3.28. The van der Waals surface area contributed by atoms with E-state index in [2.05, 4.69) is 24.1 Å². The Labute approximate surface area is 115 Å². The average Bonchev–Trinajstić information content (AvgIpc) is 2.43. The van der Waals surface area contributed by atoms with E-state index in [-0.39, 0.29) is 5.82 Å². The molecule has 1 N–H and O–H groups in total. The Morgan fingerprint density at radius 3 is 2.63 bits per heavy atom. The van der Waals surface area contributed by atoms with Gasteiger partial charge in [0, 0.05) is 31.3 Å². The highest BCUT2D eigenvalue weighted by atomic mass is 19.1. The number of likely N-dealkylation sites (N-methyl/N-ethyl adjacent to an activating group) is 1. The number of hydrogen-bond donors (Lipinski definition) is 1. The van der Waals surface area contributed by atoms with E-state index in [0.717, 1.165) is 26.2 Å². The van der Waals surface area contributed by atoms with Crippen LogP contribution in [0.1, 0.15) is 25.8 Å². The van der Waals surface area contributed by atoms with Crippen molar-refractivity contribution < 1.29 is 9.13 Å². The number of nitrogens with zero attached hydrogens (tertiary/aromatic N) is 1. The predicted octanol–water partition coefficient (Wildman–Crippen LogP) is 2.66. The van der Waals surface area contributed by atoms with E-state index < -0.39 is 0 Å². The van der Waals surface area contributed by atoms with Gasteiger partial charge in [-0.15, -0.1) is 0 Å². The molecule has 0 amide bonds. The molecule has 0 aliphatic carbocycles. The standard InChI is InChI=1S/C15H25FN2O/c1-4-9-18(5-2)10-8-17-12-13-6-7-14(19-3)11-15(13)16/h6-7,11,17H,4-5,8-10,12H2,1-3H3. The van der Waals surface area contributed by atoms with Gasteiger partial charge in [-0.05, 0) is 25.6 Å². The zero-order chi connectivity index (χ0) is 14.1. The summed E-state index contributed by atoms with van der Waals surface area (Å²) in [6.45, 7) is 8.96. The van der Waals surface area contributed by atoms with Gasteiger partial charge in [-0.3, -0.25) is 0 Å². The molecule has 108 valence electrons. The monoisotopic (exact) mass is 268 g/mol. The second-order valence-corrected chi connectivity index (χ2v) is 4.57. The highest BCUT2D eigenvalue weighted by Gasteiger charge is 2.04. The Morgan fingerprint density at radius 1 is 1.26 bits per heavy atom. The molecule has 0 aliphatic heterocycles. The molecule has 4 heteroatoms. The molecule has 0 saturated carbocycles. The van der Waals surface area contributed by atoms with Gasteiger partial charge in [-0.1, -0.05) is 19.9 Å². The van der Waals surface area contributed by atoms with Gasteiger partial charge < -0.3 is 15.0 Å². The minimum atomic E-state index is -0.215. The molecule has 0 atom stereocenters. The number of benzene rings is 1. The highest BCUT2D eigenvalue weighted by Crippen LogP contribution is 2.15. The van der Waals surface area contributed by atoms with E-state index in [1.165, 1.54) is 12.5 Å². The first-order valence-electron chi connectivity index (χ1n) is 6.96. The van der Waals surface area contributed by atoms with Crippen LogP contribution >= 0.6 is 0 Å². The van der Waals surface area contributed by atoms with Gasteiger partial charge in [0.05, 0.1) is 7.11 Å². The molecule has 0 unspecified atom stereocenters. The third-order valence-corrected chi connectivity index (χ3v) is 3.17. The number of hydrogen-bond acceptors (Lipinski definition) is 3. The maximum atomic E-state index is 13.7. The maximum absolute atomic E-state index is 13.7. The van der Waals surface area contributed by atoms with Gasteiger partial charge in [0.2, 0.25) is 0 Å². The summed E-state index contributed by atoms with van der Waals surface area (Å²) < 4.78 is 18.7. The third kappa shape index (κ3) is 5.57. The Hall–Kier alpha value is -1.13. The minimum absolute atomic E-state index is 0.215. The van der Waals surface area contributed by atoms with Crippen molar-refractivity contribution in [2.45, 2.75) is 26.8 Å². The lowest BCUT2D eigenvalue weighted by molar-refractivity contribution is 0.287. The number of methoxy groups -OCH3 is 1. The van der Waals surface area contributed by atoms with Crippen LogP contribution in [0.25, 0.3) is 0 Å². The Kier molecular flexibility index (Phi) is 7.45. The minimum Gasteiger partial charge on any atom is -0.497 e. The maximum Gasteiger partial charge on any atom is 0.131 e. The van der Waals surface area contributed by atoms with Gasteiger partial charge >= 0.3 is 0 Å². The average molecular weight is 268 g/mol. The fourth-order valence-electron chi connectivity index (χ4n) is 2.00. The largest absolute Gasteiger partial charge is 0.497 e. The predicted molar refractivity (Wildman–Crippen MR) is 77.1 cm³/mol. The van der Waals surface area contributed by atoms with Gasteiger partial charge in [0.25, 0.3) is 0 Å². The molecule has 0 spiro atoms. The normalized spacial score (nSPS) is 11.0. The van der Waals surface area contributed by atoms with Crippen molar-refractivity contribution in [2.24, 2.45) is 0 Å². The molecule has 0 saturated heterocycles. The first kappa shape index (κ1) is 15.9. The van der Waals surface area contributed by atoms with Crippen molar-refractivity contribution in [2.75, 3.05) is 33.3 Å². The van der Waals surface area contributed by atoms with E-state index in [4.69, 9.17) is 4.74 Å². The number of nitrogens with one attached hydrogen (secondary N) is 1. The van der Waals surface area contributed by atoms with Crippen LogP contribution in [0.2, 0.25) is 0 Å². The molecule has 0 bridgehead atoms. The Balaban J connectivity index is 2.33. The van der Waals surface area contributed by atoms with Crippen LogP contribution < -0.4 is 10.1 Å². The summed E-state index contributed by atoms with van der Waals surface area (Å²) in [4.78, 5) is 2.39. The first-order valence-corrected chi connectivity index (χ1v) is 6.96. The molecule has 19 heavy (non-hydrogen) atoms. The molecule has 1 aromatic carbocycles. The summed E-state index contributed by atoms with van der Waals surface area (Å²) >= 11 is 0. The van der Waals surface area contributed by atoms with Gasteiger partial charge in [-0.25, -0.2) is 4.39 Å². The number of rotatable bonds is 9. The topological polar surface area (TPSA) is 24.5 Å². The second kappa shape index (κ2) is 8.88. The van der Waals surface area contributed by atoms with Crippen LogP contribution in [0.5, 0.6) is 5.75 Å². The smallest absolute Gasteiger partial charge is 0.131 e. The molecule has 0 heterocycles. The molecule has 0 fully saturated rings. The van der Waals surface area contributed by atoms with E-state index in [1.54, 1.807) is 19.2 Å². The summed E-state index contributed by atoms with van der Waals surface area (Å²) in [5.41, 5.74) is 0.680. The van der Waals surface area contributed by atoms with Crippen molar-refractivity contribution in [1.82, 2.24) is 10.2 Å². The molecule has 1 aromatic rings. The second-order valence-electron chi connectivity index (χ2n) is 4.57. The zero-order valence-electron chi connectivity index (χ0n) is 12.2. The summed E-state index contributed by atoms with van der Waals surface area (Å²) in [5.74, 6) is 0.342. The third-order valence-electron chi connectivity index (χ3n) is 3.17. The summed E-state index contributed by atoms with van der Waals surface area (Å²) in [7, 11) is 1.54. The first-order chi connectivity index (χ1) is 9.21. The van der Waals surface area contributed by atoms with Crippen molar-refractivity contribution >= 4 is 0 Å². The molecule has 1 rings (SSSR count). The fraction of sp³-hybridized carbons (Fsp3) is 0.600. The van der Waals surface area contributed by atoms with Gasteiger partial charge in [-0.2, -0.15) is 0 Å². The molecule has 0 aliphatic rings. The van der Waals surface area contributed by atoms with Crippen LogP contribution in [-0.4, -0.2) is 38.2 Å². The molecule has 0 radical (unpaired) electrons. The lowest BCUT2D eigenvalue weighted by Gasteiger charge is -2.19. The molecular formula is C15H25FN2O. The summed E-state index contributed by atoms with van der Waals surface area (Å²) in [6.07, 6.45) is 1.17. The van der Waals surface area contributed by atoms with E-state index in [9.17, 15) is 4.39 Å². The van der Waals surface area contributed by atoms with Crippen LogP contribution in [0.15, 0.2) is 18.2 Å². The molecular weight excluding hydrogens is 243 g/mol. The Morgan fingerprint density at radius 2 is 2.05 bits per heavy atom. The number of halogens is 1. The van der Waals surface area contributed by atoms with Crippen molar-refractivity contribution in [3.63, 3.8) is 0 Å². The zero-order valence-corrected chi connectivity index (χ0v) is 12.2. The lowest BCUT2D eigenvalue weighted by atomic mass is 10.2. The lowest BCUT2D eigenvalue weighted by Crippen LogP contribution is -2.32. The SMILES string of the molecule is CCCN(CC)CCNCc1ccc(OC)cc1F. The van der Waals surface area contributed by atoms with Crippen LogP contribution in [0, 0.1) is 5.82 Å².